The van der Waals surface area contributed by atoms with Gasteiger partial charge < -0.3 is 16.2 Å². The van der Waals surface area contributed by atoms with Crippen LogP contribution in [0.1, 0.15) is 5.56 Å². The molecule has 4 N–H and O–H groups in total. The van der Waals surface area contributed by atoms with E-state index < -0.39 is 0 Å². The third-order valence-corrected chi connectivity index (χ3v) is 2.32. The highest BCUT2D eigenvalue weighted by atomic mass is 16.5. The molecule has 0 unspecified atom stereocenters. The van der Waals surface area contributed by atoms with Crippen molar-refractivity contribution in [1.82, 2.24) is 9.78 Å². The Morgan fingerprint density at radius 2 is 2.00 bits per heavy atom. The zero-order valence-corrected chi connectivity index (χ0v) is 9.05. The van der Waals surface area contributed by atoms with E-state index in [-0.39, 0.29) is 0 Å². The van der Waals surface area contributed by atoms with Crippen molar-refractivity contribution in [2.24, 2.45) is 5.73 Å². The average molecular weight is 218 g/mol. The quantitative estimate of drug-likeness (QED) is 0.751. The first-order valence-electron chi connectivity index (χ1n) is 4.93. The van der Waals surface area contributed by atoms with Crippen LogP contribution in [0.3, 0.4) is 0 Å². The summed E-state index contributed by atoms with van der Waals surface area (Å²) in [4.78, 5) is 0. The molecule has 0 saturated heterocycles. The molecule has 0 amide bonds. The number of anilines is 1. The molecule has 0 spiro atoms. The molecule has 5 heteroatoms. The molecule has 2 rings (SSSR count). The molecule has 16 heavy (non-hydrogen) atoms. The number of benzene rings is 1. The van der Waals surface area contributed by atoms with Crippen molar-refractivity contribution in [2.75, 3.05) is 12.8 Å². The van der Waals surface area contributed by atoms with E-state index in [1.54, 1.807) is 11.8 Å². The topological polar surface area (TPSA) is 79.1 Å². The molecular formula is C11H14N4O. The second-order valence-corrected chi connectivity index (χ2v) is 3.40. The summed E-state index contributed by atoms with van der Waals surface area (Å²) in [5.41, 5.74) is 13.7. The van der Waals surface area contributed by atoms with Crippen LogP contribution in [0.2, 0.25) is 0 Å². The number of ether oxygens (including phenoxy) is 1. The van der Waals surface area contributed by atoms with Crippen LogP contribution in [0, 0.1) is 0 Å². The number of aromatic nitrogens is 2. The molecule has 1 aromatic carbocycles. The normalized spacial score (nSPS) is 10.4. The molecule has 1 aromatic heterocycles. The van der Waals surface area contributed by atoms with Crippen LogP contribution >= 0.6 is 0 Å². The lowest BCUT2D eigenvalue weighted by molar-refractivity contribution is 0.390. The number of nitrogen functional groups attached to an aromatic ring is 1. The largest absolute Gasteiger partial charge is 0.480 e. The van der Waals surface area contributed by atoms with E-state index in [1.807, 2.05) is 30.5 Å². The third-order valence-electron chi connectivity index (χ3n) is 2.32. The second kappa shape index (κ2) is 4.24. The van der Waals surface area contributed by atoms with Crippen molar-refractivity contribution >= 4 is 5.69 Å². The first-order chi connectivity index (χ1) is 7.74. The van der Waals surface area contributed by atoms with Crippen molar-refractivity contribution in [3.05, 3.63) is 36.0 Å². The molecule has 0 aliphatic carbocycles. The minimum absolute atomic E-state index is 0.401. The highest BCUT2D eigenvalue weighted by molar-refractivity contribution is 5.45. The average Bonchev–Trinajstić information content (AvgIpc) is 2.73. The summed E-state index contributed by atoms with van der Waals surface area (Å²) in [6.07, 6.45) is 1.85. The summed E-state index contributed by atoms with van der Waals surface area (Å²) in [5, 5.41) is 4.27. The van der Waals surface area contributed by atoms with Crippen molar-refractivity contribution in [2.45, 2.75) is 6.54 Å². The number of rotatable bonds is 3. The van der Waals surface area contributed by atoms with Gasteiger partial charge in [-0.3, -0.25) is 0 Å². The van der Waals surface area contributed by atoms with E-state index in [0.29, 0.717) is 12.4 Å². The first kappa shape index (κ1) is 10.5. The smallest absolute Gasteiger partial charge is 0.237 e. The Labute approximate surface area is 93.6 Å². The van der Waals surface area contributed by atoms with E-state index in [0.717, 1.165) is 16.9 Å². The molecular weight excluding hydrogens is 204 g/mol. The Morgan fingerprint density at radius 1 is 1.31 bits per heavy atom. The molecule has 0 saturated carbocycles. The van der Waals surface area contributed by atoms with Gasteiger partial charge in [0.2, 0.25) is 5.88 Å². The third kappa shape index (κ3) is 1.85. The van der Waals surface area contributed by atoms with Crippen LogP contribution < -0.4 is 16.2 Å². The lowest BCUT2D eigenvalue weighted by Gasteiger charge is -2.00. The van der Waals surface area contributed by atoms with Crippen molar-refractivity contribution in [3.8, 4) is 11.6 Å². The zero-order valence-electron chi connectivity index (χ0n) is 9.05. The van der Waals surface area contributed by atoms with E-state index in [1.165, 1.54) is 0 Å². The summed E-state index contributed by atoms with van der Waals surface area (Å²) in [6.45, 7) is 0.401. The zero-order chi connectivity index (χ0) is 11.5. The Kier molecular flexibility index (Phi) is 2.78. The predicted octanol–water partition coefficient (Wildman–Crippen LogP) is 0.922. The van der Waals surface area contributed by atoms with Crippen LogP contribution in [0.4, 0.5) is 5.69 Å². The molecule has 2 aromatic rings. The van der Waals surface area contributed by atoms with E-state index >= 15 is 0 Å². The van der Waals surface area contributed by atoms with Crippen LogP contribution in [0.15, 0.2) is 30.5 Å². The number of nitrogens with zero attached hydrogens (tertiary/aromatic N) is 2. The summed E-state index contributed by atoms with van der Waals surface area (Å²) < 4.78 is 6.85. The molecule has 0 aliphatic heterocycles. The van der Waals surface area contributed by atoms with E-state index in [9.17, 15) is 0 Å². The minimum atomic E-state index is 0.401. The first-order valence-corrected chi connectivity index (χ1v) is 4.93. The fourth-order valence-electron chi connectivity index (χ4n) is 1.47. The summed E-state index contributed by atoms with van der Waals surface area (Å²) in [7, 11) is 1.58. The van der Waals surface area contributed by atoms with Gasteiger partial charge in [-0.15, -0.1) is 5.10 Å². The van der Waals surface area contributed by atoms with E-state index in [4.69, 9.17) is 16.2 Å². The fourth-order valence-corrected chi connectivity index (χ4v) is 1.47. The summed E-state index contributed by atoms with van der Waals surface area (Å²) >= 11 is 0. The lowest BCUT2D eigenvalue weighted by atomic mass is 10.3. The lowest BCUT2D eigenvalue weighted by Crippen LogP contribution is -1.96. The molecule has 5 nitrogen and oxygen atoms in total. The van der Waals surface area contributed by atoms with Crippen molar-refractivity contribution < 1.29 is 4.74 Å². The van der Waals surface area contributed by atoms with Gasteiger partial charge in [0, 0.05) is 24.0 Å². The molecule has 0 fully saturated rings. The standard InChI is InChI=1S/C11H14N4O/c1-16-11-8(6-12)7-15(14-11)10-4-2-9(13)3-5-10/h2-5,7H,6,12-13H2,1H3. The maximum atomic E-state index is 5.62. The molecule has 0 bridgehead atoms. The number of methoxy groups -OCH3 is 1. The van der Waals surface area contributed by atoms with Gasteiger partial charge >= 0.3 is 0 Å². The fraction of sp³-hybridized carbons (Fsp3) is 0.182. The Balaban J connectivity index is 2.40. The van der Waals surface area contributed by atoms with Gasteiger partial charge in [-0.2, -0.15) is 0 Å². The highest BCUT2D eigenvalue weighted by Crippen LogP contribution is 2.18. The van der Waals surface area contributed by atoms with Crippen LogP contribution in [0.5, 0.6) is 5.88 Å². The number of hydrogen-bond acceptors (Lipinski definition) is 4. The molecule has 0 radical (unpaired) electrons. The van der Waals surface area contributed by atoms with Crippen molar-refractivity contribution in [3.63, 3.8) is 0 Å². The van der Waals surface area contributed by atoms with Gasteiger partial charge in [0.05, 0.1) is 12.8 Å². The molecule has 0 aliphatic rings. The number of nitrogens with two attached hydrogens (primary N) is 2. The Bertz CT molecular complexity index is 454. The highest BCUT2D eigenvalue weighted by Gasteiger charge is 2.08. The van der Waals surface area contributed by atoms with Gasteiger partial charge in [-0.05, 0) is 24.3 Å². The monoisotopic (exact) mass is 218 g/mol. The van der Waals surface area contributed by atoms with Gasteiger partial charge in [0.25, 0.3) is 0 Å². The van der Waals surface area contributed by atoms with E-state index in [2.05, 4.69) is 5.10 Å². The summed E-state index contributed by atoms with van der Waals surface area (Å²) in [5.74, 6) is 0.555. The predicted molar refractivity (Wildman–Crippen MR) is 62.4 cm³/mol. The number of hydrogen-bond donors (Lipinski definition) is 2. The Hall–Kier alpha value is -2.01. The molecule has 1 heterocycles. The molecule has 84 valence electrons. The summed E-state index contributed by atoms with van der Waals surface area (Å²) in [6, 6.07) is 7.43. The Morgan fingerprint density at radius 3 is 2.50 bits per heavy atom. The van der Waals surface area contributed by atoms with Gasteiger partial charge in [-0.25, -0.2) is 4.68 Å². The van der Waals surface area contributed by atoms with Crippen molar-refractivity contribution in [1.29, 1.82) is 0 Å². The van der Waals surface area contributed by atoms with Gasteiger partial charge in [0.15, 0.2) is 0 Å². The van der Waals surface area contributed by atoms with Gasteiger partial charge in [0.1, 0.15) is 0 Å². The SMILES string of the molecule is COc1nn(-c2ccc(N)cc2)cc1CN. The van der Waals surface area contributed by atoms with Crippen LogP contribution in [-0.4, -0.2) is 16.9 Å². The maximum absolute atomic E-state index is 5.62. The second-order valence-electron chi connectivity index (χ2n) is 3.40. The van der Waals surface area contributed by atoms with Crippen LogP contribution in [0.25, 0.3) is 5.69 Å². The van der Waals surface area contributed by atoms with Gasteiger partial charge in [-0.1, -0.05) is 0 Å². The maximum Gasteiger partial charge on any atom is 0.237 e. The molecule has 0 atom stereocenters. The van der Waals surface area contributed by atoms with Crippen LogP contribution in [-0.2, 0) is 6.54 Å². The minimum Gasteiger partial charge on any atom is -0.480 e.